The van der Waals surface area contributed by atoms with Crippen LogP contribution in [0.15, 0.2) is 11.0 Å². The molecule has 11 heavy (non-hydrogen) atoms. The molecule has 0 aromatic rings. The first-order valence-electron chi connectivity index (χ1n) is 3.80. The molecule has 0 radical (unpaired) electrons. The second kappa shape index (κ2) is 4.14. The summed E-state index contributed by atoms with van der Waals surface area (Å²) in [4.78, 5) is 0.664. The third kappa shape index (κ3) is 2.85. The van der Waals surface area contributed by atoms with E-state index in [4.69, 9.17) is 20.9 Å². The summed E-state index contributed by atoms with van der Waals surface area (Å²) in [5.74, 6) is 0.440. The third-order valence-electron chi connectivity index (χ3n) is 1.34. The van der Waals surface area contributed by atoms with Crippen molar-refractivity contribution < 1.29 is 9.31 Å². The van der Waals surface area contributed by atoms with Crippen LogP contribution in [0, 0.1) is 5.92 Å². The van der Waals surface area contributed by atoms with Crippen LogP contribution < -0.4 is 0 Å². The quantitative estimate of drug-likeness (QED) is 0.595. The molecular weight excluding hydrogens is 162 g/mol. The highest BCUT2D eigenvalue weighted by Gasteiger charge is 2.27. The van der Waals surface area contributed by atoms with Crippen LogP contribution in [0.3, 0.4) is 0 Å². The van der Waals surface area contributed by atoms with E-state index in [1.807, 2.05) is 6.08 Å². The van der Waals surface area contributed by atoms with Gasteiger partial charge >= 0.3 is 7.12 Å². The average molecular weight is 174 g/mol. The van der Waals surface area contributed by atoms with Gasteiger partial charge in [-0.15, -0.1) is 0 Å². The first kappa shape index (κ1) is 9.11. The van der Waals surface area contributed by atoms with E-state index in [9.17, 15) is 0 Å². The SMILES string of the molecule is CC(C)C=C(Cl)B1OCCO1. The van der Waals surface area contributed by atoms with Crippen molar-refractivity contribution in [2.24, 2.45) is 5.92 Å². The Hall–Kier alpha value is 0.0149. The Morgan fingerprint density at radius 3 is 2.45 bits per heavy atom. The predicted octanol–water partition coefficient (Wildman–Crippen LogP) is 1.84. The molecule has 0 aromatic heterocycles. The fourth-order valence-electron chi connectivity index (χ4n) is 0.915. The number of hydrogen-bond acceptors (Lipinski definition) is 2. The van der Waals surface area contributed by atoms with Crippen LogP contribution in [0.1, 0.15) is 13.8 Å². The molecule has 0 amide bonds. The molecule has 0 atom stereocenters. The zero-order chi connectivity index (χ0) is 8.27. The summed E-state index contributed by atoms with van der Waals surface area (Å²) in [6, 6.07) is 0. The van der Waals surface area contributed by atoms with Crippen molar-refractivity contribution in [1.82, 2.24) is 0 Å². The summed E-state index contributed by atoms with van der Waals surface area (Å²) in [6.45, 7) is 5.42. The summed E-state index contributed by atoms with van der Waals surface area (Å²) in [5.41, 5.74) is 0. The van der Waals surface area contributed by atoms with Gasteiger partial charge in [0.15, 0.2) is 0 Å². The molecular formula is C7H12BClO2. The van der Waals surface area contributed by atoms with Crippen molar-refractivity contribution in [2.45, 2.75) is 13.8 Å². The maximum absolute atomic E-state index is 5.89. The Morgan fingerprint density at radius 1 is 1.45 bits per heavy atom. The van der Waals surface area contributed by atoms with Crippen LogP contribution in [0.2, 0.25) is 0 Å². The predicted molar refractivity (Wildman–Crippen MR) is 46.4 cm³/mol. The van der Waals surface area contributed by atoms with Crippen LogP contribution in [-0.2, 0) is 9.31 Å². The van der Waals surface area contributed by atoms with E-state index in [0.29, 0.717) is 24.1 Å². The van der Waals surface area contributed by atoms with E-state index in [2.05, 4.69) is 13.8 Å². The normalized spacial score (nSPS) is 20.0. The minimum absolute atomic E-state index is 0.306. The largest absolute Gasteiger partial charge is 0.505 e. The Morgan fingerprint density at radius 2 is 2.00 bits per heavy atom. The minimum Gasteiger partial charge on any atom is -0.404 e. The summed E-state index contributed by atoms with van der Waals surface area (Å²) < 4.78 is 10.4. The Labute approximate surface area is 72.7 Å². The summed E-state index contributed by atoms with van der Waals surface area (Å²) in [7, 11) is -0.306. The van der Waals surface area contributed by atoms with Crippen molar-refractivity contribution in [3.8, 4) is 0 Å². The molecule has 0 N–H and O–H groups in total. The monoisotopic (exact) mass is 174 g/mol. The molecule has 1 saturated heterocycles. The second-order valence-corrected chi connectivity index (χ2v) is 3.31. The molecule has 1 aliphatic heterocycles. The van der Waals surface area contributed by atoms with Crippen LogP contribution in [0.4, 0.5) is 0 Å². The Balaban J connectivity index is 2.45. The lowest BCUT2D eigenvalue weighted by atomic mass is 9.88. The smallest absolute Gasteiger partial charge is 0.404 e. The fourth-order valence-corrected chi connectivity index (χ4v) is 1.29. The number of hydrogen-bond donors (Lipinski definition) is 0. The van der Waals surface area contributed by atoms with Gasteiger partial charge in [-0.3, -0.25) is 0 Å². The molecule has 1 heterocycles. The fraction of sp³-hybridized carbons (Fsp3) is 0.714. The molecule has 1 aliphatic rings. The standard InChI is InChI=1S/C7H12BClO2/c1-6(2)5-7(9)8-10-3-4-11-8/h5-6H,3-4H2,1-2H3. The van der Waals surface area contributed by atoms with Crippen LogP contribution in [0.25, 0.3) is 0 Å². The van der Waals surface area contributed by atoms with E-state index in [1.54, 1.807) is 0 Å². The highest BCUT2D eigenvalue weighted by atomic mass is 35.5. The van der Waals surface area contributed by atoms with Gasteiger partial charge in [0.2, 0.25) is 0 Å². The maximum Gasteiger partial charge on any atom is 0.505 e. The van der Waals surface area contributed by atoms with Gasteiger partial charge in [0.05, 0.1) is 13.2 Å². The lowest BCUT2D eigenvalue weighted by molar-refractivity contribution is 0.365. The number of halogens is 1. The molecule has 1 rings (SSSR count). The molecule has 1 fully saturated rings. The lowest BCUT2D eigenvalue weighted by Crippen LogP contribution is -2.15. The van der Waals surface area contributed by atoms with Crippen molar-refractivity contribution >= 4 is 18.7 Å². The first-order valence-corrected chi connectivity index (χ1v) is 4.18. The molecule has 4 heteroatoms. The molecule has 0 aliphatic carbocycles. The molecule has 0 saturated carbocycles. The average Bonchev–Trinajstić information content (AvgIpc) is 2.35. The highest BCUT2D eigenvalue weighted by molar-refractivity contribution is 6.69. The van der Waals surface area contributed by atoms with Crippen molar-refractivity contribution in [3.05, 3.63) is 11.0 Å². The van der Waals surface area contributed by atoms with E-state index >= 15 is 0 Å². The van der Waals surface area contributed by atoms with Crippen molar-refractivity contribution in [2.75, 3.05) is 13.2 Å². The van der Waals surface area contributed by atoms with Gasteiger partial charge in [-0.05, 0) is 5.92 Å². The summed E-state index contributed by atoms with van der Waals surface area (Å²) in [5, 5.41) is 0. The van der Waals surface area contributed by atoms with E-state index in [1.165, 1.54) is 0 Å². The Kier molecular flexibility index (Phi) is 3.43. The summed E-state index contributed by atoms with van der Waals surface area (Å²) >= 11 is 5.89. The molecule has 0 unspecified atom stereocenters. The second-order valence-electron chi connectivity index (χ2n) is 2.87. The zero-order valence-electron chi connectivity index (χ0n) is 6.84. The van der Waals surface area contributed by atoms with Gasteiger partial charge in [0.1, 0.15) is 0 Å². The lowest BCUT2D eigenvalue weighted by Gasteiger charge is -2.02. The van der Waals surface area contributed by atoms with Gasteiger partial charge in [0.25, 0.3) is 0 Å². The van der Waals surface area contributed by atoms with Crippen LogP contribution in [0.5, 0.6) is 0 Å². The summed E-state index contributed by atoms with van der Waals surface area (Å²) in [6.07, 6.45) is 1.94. The van der Waals surface area contributed by atoms with Gasteiger partial charge in [-0.1, -0.05) is 31.5 Å². The van der Waals surface area contributed by atoms with Crippen molar-refractivity contribution in [3.63, 3.8) is 0 Å². The highest BCUT2D eigenvalue weighted by Crippen LogP contribution is 2.15. The topological polar surface area (TPSA) is 18.5 Å². The zero-order valence-corrected chi connectivity index (χ0v) is 7.60. The molecule has 2 nitrogen and oxygen atoms in total. The van der Waals surface area contributed by atoms with Gasteiger partial charge < -0.3 is 9.31 Å². The van der Waals surface area contributed by atoms with E-state index in [0.717, 1.165) is 0 Å². The van der Waals surface area contributed by atoms with Gasteiger partial charge in [-0.2, -0.15) is 0 Å². The third-order valence-corrected chi connectivity index (χ3v) is 1.64. The molecule has 62 valence electrons. The van der Waals surface area contributed by atoms with E-state index in [-0.39, 0.29) is 7.12 Å². The van der Waals surface area contributed by atoms with Crippen LogP contribution in [-0.4, -0.2) is 20.3 Å². The maximum atomic E-state index is 5.89. The number of allylic oxidation sites excluding steroid dienone is 1. The minimum atomic E-state index is -0.306. The molecule has 0 bridgehead atoms. The van der Waals surface area contributed by atoms with Crippen molar-refractivity contribution in [1.29, 1.82) is 0 Å². The van der Waals surface area contributed by atoms with Gasteiger partial charge in [-0.25, -0.2) is 0 Å². The first-order chi connectivity index (χ1) is 5.20. The Bertz CT molecular complexity index is 153. The number of rotatable bonds is 2. The molecule has 0 aromatic carbocycles. The molecule has 0 spiro atoms. The van der Waals surface area contributed by atoms with E-state index < -0.39 is 0 Å². The van der Waals surface area contributed by atoms with Gasteiger partial charge in [0, 0.05) is 4.93 Å². The van der Waals surface area contributed by atoms with Crippen LogP contribution >= 0.6 is 11.6 Å².